The highest BCUT2D eigenvalue weighted by Crippen LogP contribution is 2.39. The highest BCUT2D eigenvalue weighted by Gasteiger charge is 2.17. The van der Waals surface area contributed by atoms with Crippen molar-refractivity contribution in [2.45, 2.75) is 47.6 Å². The molecule has 0 aromatic heterocycles. The van der Waals surface area contributed by atoms with Gasteiger partial charge in [-0.3, -0.25) is 0 Å². The molecule has 0 bridgehead atoms. The number of ether oxygens (including phenoxy) is 2. The normalized spacial score (nSPS) is 11.9. The van der Waals surface area contributed by atoms with Gasteiger partial charge in [0, 0.05) is 22.3 Å². The number of nitrogens with one attached hydrogen (secondary N) is 1. The van der Waals surface area contributed by atoms with Crippen LogP contribution in [0.15, 0.2) is 65.3 Å². The zero-order chi connectivity index (χ0) is 24.1. The van der Waals surface area contributed by atoms with Gasteiger partial charge in [-0.25, -0.2) is 8.78 Å². The van der Waals surface area contributed by atoms with Crippen LogP contribution in [0, 0.1) is 11.6 Å². The second-order valence-corrected chi connectivity index (χ2v) is 7.40. The van der Waals surface area contributed by atoms with Crippen molar-refractivity contribution in [2.24, 2.45) is 0 Å². The quantitative estimate of drug-likeness (QED) is 0.400. The lowest BCUT2D eigenvalue weighted by molar-refractivity contribution is 0.174. The predicted octanol–water partition coefficient (Wildman–Crippen LogP) is 8.16. The fourth-order valence-electron chi connectivity index (χ4n) is 2.63. The van der Waals surface area contributed by atoms with Gasteiger partial charge in [-0.1, -0.05) is 74.8 Å². The van der Waals surface area contributed by atoms with E-state index < -0.39 is 11.6 Å². The molecule has 1 aliphatic rings. The van der Waals surface area contributed by atoms with Crippen molar-refractivity contribution in [2.75, 3.05) is 6.79 Å². The fraction of sp³-hybridized carbons (Fsp3) is 0.308. The molecule has 0 unspecified atom stereocenters. The molecule has 6 heteroatoms. The molecule has 174 valence electrons. The Labute approximate surface area is 199 Å². The average molecular weight is 508 g/mol. The zero-order valence-corrected chi connectivity index (χ0v) is 21.0. The minimum Gasteiger partial charge on any atom is -0.454 e. The summed E-state index contributed by atoms with van der Waals surface area (Å²) in [6.07, 6.45) is 6.82. The van der Waals surface area contributed by atoms with Gasteiger partial charge in [0.25, 0.3) is 0 Å². The predicted molar refractivity (Wildman–Crippen MR) is 133 cm³/mol. The molecule has 2 aromatic carbocycles. The first-order valence-corrected chi connectivity index (χ1v) is 11.5. The lowest BCUT2D eigenvalue weighted by Crippen LogP contribution is -2.13. The first-order valence-electron chi connectivity index (χ1n) is 10.7. The molecule has 0 radical (unpaired) electrons. The van der Waals surface area contributed by atoms with E-state index in [2.05, 4.69) is 41.7 Å². The van der Waals surface area contributed by atoms with Crippen molar-refractivity contribution >= 4 is 21.5 Å². The van der Waals surface area contributed by atoms with Crippen molar-refractivity contribution in [3.8, 4) is 11.5 Å². The summed E-state index contributed by atoms with van der Waals surface area (Å²) < 4.78 is 39.0. The van der Waals surface area contributed by atoms with E-state index in [0.29, 0.717) is 17.2 Å². The molecule has 0 saturated carbocycles. The van der Waals surface area contributed by atoms with E-state index in [4.69, 9.17) is 9.47 Å². The number of rotatable bonds is 6. The van der Waals surface area contributed by atoms with E-state index >= 15 is 0 Å². The number of fused-ring (bicyclic) bond motifs is 1. The van der Waals surface area contributed by atoms with Crippen molar-refractivity contribution < 1.29 is 18.3 Å². The first kappa shape index (κ1) is 27.4. The van der Waals surface area contributed by atoms with E-state index in [-0.39, 0.29) is 18.9 Å². The van der Waals surface area contributed by atoms with Gasteiger partial charge in [-0.05, 0) is 48.4 Å². The van der Waals surface area contributed by atoms with Crippen molar-refractivity contribution in [1.82, 2.24) is 5.32 Å². The first-order chi connectivity index (χ1) is 15.4. The molecule has 3 rings (SSSR count). The van der Waals surface area contributed by atoms with Gasteiger partial charge in [0.1, 0.15) is 11.6 Å². The van der Waals surface area contributed by atoms with Gasteiger partial charge >= 0.3 is 0 Å². The Hall–Kier alpha value is -2.60. The third kappa shape index (κ3) is 7.83. The average Bonchev–Trinajstić information content (AvgIpc) is 3.23. The van der Waals surface area contributed by atoms with Crippen molar-refractivity contribution in [3.05, 3.63) is 88.1 Å². The van der Waals surface area contributed by atoms with Crippen LogP contribution < -0.4 is 14.8 Å². The molecule has 32 heavy (non-hydrogen) atoms. The van der Waals surface area contributed by atoms with E-state index in [1.54, 1.807) is 6.08 Å². The minimum atomic E-state index is -0.585. The zero-order valence-electron chi connectivity index (χ0n) is 19.4. The maximum atomic E-state index is 13.7. The Balaban J connectivity index is 0.000000944. The van der Waals surface area contributed by atoms with Crippen LogP contribution in [0.1, 0.15) is 52.2 Å². The van der Waals surface area contributed by atoms with E-state index in [1.165, 1.54) is 24.6 Å². The number of hydrogen-bond acceptors (Lipinski definition) is 3. The molecule has 1 N–H and O–H groups in total. The van der Waals surface area contributed by atoms with E-state index in [9.17, 15) is 8.78 Å². The van der Waals surface area contributed by atoms with Crippen LogP contribution in [-0.2, 0) is 6.54 Å². The number of hydrogen-bond donors (Lipinski definition) is 1. The molecular weight excluding hydrogens is 476 g/mol. The third-order valence-corrected chi connectivity index (χ3v) is 4.76. The Morgan fingerprint density at radius 3 is 2.22 bits per heavy atom. The molecule has 0 atom stereocenters. The van der Waals surface area contributed by atoms with Gasteiger partial charge in [0.05, 0.1) is 0 Å². The van der Waals surface area contributed by atoms with Crippen LogP contribution in [0.2, 0.25) is 0 Å². The summed E-state index contributed by atoms with van der Waals surface area (Å²) in [5.41, 5.74) is 2.39. The summed E-state index contributed by atoms with van der Waals surface area (Å²) in [6, 6.07) is 7.56. The molecule has 1 aliphatic heterocycles. The molecule has 3 nitrogen and oxygen atoms in total. The van der Waals surface area contributed by atoms with Gasteiger partial charge in [-0.2, -0.15) is 0 Å². The van der Waals surface area contributed by atoms with Gasteiger partial charge in [0.2, 0.25) is 6.79 Å². The highest BCUT2D eigenvalue weighted by molar-refractivity contribution is 9.10. The van der Waals surface area contributed by atoms with E-state index in [1.807, 2.05) is 45.1 Å². The van der Waals surface area contributed by atoms with Crippen molar-refractivity contribution in [1.29, 1.82) is 0 Å². The van der Waals surface area contributed by atoms with Crippen LogP contribution in [0.25, 0.3) is 5.57 Å². The Morgan fingerprint density at radius 1 is 1.09 bits per heavy atom. The van der Waals surface area contributed by atoms with Crippen LogP contribution >= 0.6 is 15.9 Å². The molecule has 1 heterocycles. The molecule has 0 amide bonds. The number of allylic oxidation sites excluding steroid dienone is 4. The monoisotopic (exact) mass is 507 g/mol. The molecular formula is C26H32BrF2NO2. The SMILES string of the molecule is C=C(/C=C\C(=C/C)c1cc2c(cc1Br)OCO2)NCc1c(F)cccc1F.CC.CCC. The number of halogens is 3. The lowest BCUT2D eigenvalue weighted by atomic mass is 10.0. The molecule has 0 fully saturated rings. The minimum absolute atomic E-state index is 0.0145. The molecule has 0 spiro atoms. The molecule has 0 saturated heterocycles. The maximum Gasteiger partial charge on any atom is 0.231 e. The maximum absolute atomic E-state index is 13.7. The second kappa shape index (κ2) is 14.5. The highest BCUT2D eigenvalue weighted by atomic mass is 79.9. The summed E-state index contributed by atoms with van der Waals surface area (Å²) in [5.74, 6) is 0.214. The summed E-state index contributed by atoms with van der Waals surface area (Å²) in [6.45, 7) is 14.3. The number of benzene rings is 2. The van der Waals surface area contributed by atoms with Gasteiger partial charge in [0.15, 0.2) is 11.5 Å². The largest absolute Gasteiger partial charge is 0.454 e. The third-order valence-electron chi connectivity index (χ3n) is 4.10. The second-order valence-electron chi connectivity index (χ2n) is 6.55. The van der Waals surface area contributed by atoms with Gasteiger partial charge < -0.3 is 14.8 Å². The van der Waals surface area contributed by atoms with Crippen molar-refractivity contribution in [3.63, 3.8) is 0 Å². The fourth-order valence-corrected chi connectivity index (χ4v) is 3.18. The van der Waals surface area contributed by atoms with Crippen LogP contribution in [-0.4, -0.2) is 6.79 Å². The Bertz CT molecular complexity index is 935. The van der Waals surface area contributed by atoms with Crippen LogP contribution in [0.5, 0.6) is 11.5 Å². The standard InChI is InChI=1S/C21H18BrF2NO2.C3H8.C2H6/c1-3-14(15-9-20-21(10-17(15)22)27-12-26-20)8-7-13(2)25-11-16-18(23)5-4-6-19(16)24;1-3-2;1-2/h3-10,25H,2,11-12H2,1H3;3H2,1-2H3;1-2H3/b8-7-,14-3+;;. The lowest BCUT2D eigenvalue weighted by Gasteiger charge is -2.10. The van der Waals surface area contributed by atoms with Crippen LogP contribution in [0.3, 0.4) is 0 Å². The van der Waals surface area contributed by atoms with Crippen LogP contribution in [0.4, 0.5) is 8.78 Å². The molecule has 0 aliphatic carbocycles. The summed E-state index contributed by atoms with van der Waals surface area (Å²) in [4.78, 5) is 0. The molecule has 2 aromatic rings. The topological polar surface area (TPSA) is 30.5 Å². The Kier molecular flexibility index (Phi) is 12.4. The van der Waals surface area contributed by atoms with E-state index in [0.717, 1.165) is 15.6 Å². The summed E-state index contributed by atoms with van der Waals surface area (Å²) >= 11 is 3.54. The summed E-state index contributed by atoms with van der Waals surface area (Å²) in [7, 11) is 0. The summed E-state index contributed by atoms with van der Waals surface area (Å²) in [5, 5.41) is 2.92. The smallest absolute Gasteiger partial charge is 0.231 e. The van der Waals surface area contributed by atoms with Gasteiger partial charge in [-0.15, -0.1) is 0 Å². The Morgan fingerprint density at radius 2 is 1.66 bits per heavy atom.